The minimum absolute atomic E-state index is 0. The third kappa shape index (κ3) is 3.98. The quantitative estimate of drug-likeness (QED) is 0.354. The van der Waals surface area contributed by atoms with Crippen molar-refractivity contribution in [3.8, 4) is 5.69 Å². The van der Waals surface area contributed by atoms with Crippen molar-refractivity contribution >= 4 is 51.7 Å². The standard InChI is InChI=1S/C21H17Cl2N7O.ClH/c22-15-2-1-3-16(23)17(15)30-18(24)14-10-26-20(28-19(14)29-21(30)31)27-13-5-4-12-9-25-7-6-11(12)8-13;/h1-5,8,10,25H,6-7,9,24H2,(H,27,28,29,31);1H. The number of fused-ring (bicyclic) bond motifs is 2. The van der Waals surface area contributed by atoms with Crippen LogP contribution in [-0.4, -0.2) is 26.1 Å². The molecule has 0 fully saturated rings. The van der Waals surface area contributed by atoms with E-state index in [1.54, 1.807) is 18.2 Å². The van der Waals surface area contributed by atoms with Crippen LogP contribution in [0.5, 0.6) is 0 Å². The number of quaternary nitrogens is 1. The first-order chi connectivity index (χ1) is 15.0. The maximum atomic E-state index is 12.8. The Bertz CT molecular complexity index is 1370. The monoisotopic (exact) mass is 489 g/mol. The van der Waals surface area contributed by atoms with E-state index >= 15 is 0 Å². The van der Waals surface area contributed by atoms with Crippen LogP contribution in [-0.2, 0) is 13.0 Å². The minimum Gasteiger partial charge on any atom is -1.00 e. The van der Waals surface area contributed by atoms with E-state index in [2.05, 4.69) is 37.7 Å². The first-order valence-corrected chi connectivity index (χ1v) is 10.5. The zero-order valence-corrected chi connectivity index (χ0v) is 18.9. The van der Waals surface area contributed by atoms with Gasteiger partial charge in [-0.3, -0.25) is 0 Å². The maximum Gasteiger partial charge on any atom is 0.355 e. The van der Waals surface area contributed by atoms with Crippen molar-refractivity contribution in [2.24, 2.45) is 0 Å². The molecular weight excluding hydrogens is 473 g/mol. The number of para-hydroxylation sites is 1. The molecule has 5 N–H and O–H groups in total. The Morgan fingerprint density at radius 3 is 2.66 bits per heavy atom. The highest BCUT2D eigenvalue weighted by atomic mass is 35.5. The smallest absolute Gasteiger partial charge is 0.355 e. The molecule has 4 aromatic rings. The Kier molecular flexibility index (Phi) is 6.21. The summed E-state index contributed by atoms with van der Waals surface area (Å²) in [6.45, 7) is 2.07. The van der Waals surface area contributed by atoms with E-state index in [4.69, 9.17) is 28.9 Å². The molecule has 0 aliphatic carbocycles. The van der Waals surface area contributed by atoms with Crippen LogP contribution >= 0.6 is 23.2 Å². The molecule has 0 amide bonds. The van der Waals surface area contributed by atoms with E-state index in [1.807, 2.05) is 6.07 Å². The number of aromatic nitrogens is 4. The molecule has 0 atom stereocenters. The molecule has 0 radical (unpaired) electrons. The molecule has 3 heterocycles. The van der Waals surface area contributed by atoms with Crippen molar-refractivity contribution in [2.75, 3.05) is 17.6 Å². The molecule has 0 saturated heterocycles. The number of halogens is 3. The largest absolute Gasteiger partial charge is 1.00 e. The van der Waals surface area contributed by atoms with Gasteiger partial charge in [0, 0.05) is 23.9 Å². The van der Waals surface area contributed by atoms with Crippen molar-refractivity contribution in [1.82, 2.24) is 19.5 Å². The lowest BCUT2D eigenvalue weighted by Gasteiger charge is -2.16. The summed E-state index contributed by atoms with van der Waals surface area (Å²) in [7, 11) is 0. The Morgan fingerprint density at radius 1 is 1.09 bits per heavy atom. The first kappa shape index (κ1) is 22.3. The van der Waals surface area contributed by atoms with Gasteiger partial charge in [-0.05, 0) is 29.8 Å². The van der Waals surface area contributed by atoms with Crippen molar-refractivity contribution in [3.63, 3.8) is 0 Å². The molecule has 164 valence electrons. The third-order valence-corrected chi connectivity index (χ3v) is 5.89. The van der Waals surface area contributed by atoms with Crippen LogP contribution in [0.3, 0.4) is 0 Å². The van der Waals surface area contributed by atoms with Gasteiger partial charge >= 0.3 is 5.69 Å². The molecule has 32 heavy (non-hydrogen) atoms. The SMILES string of the molecule is Nc1c2cnc(Nc3ccc4c(c3)CC[NH2+]C4)nc2nc(=O)n1-c1c(Cl)cccc1Cl.[Cl-]. The molecule has 11 heteroatoms. The Balaban J connectivity index is 0.00000245. The minimum atomic E-state index is -0.630. The van der Waals surface area contributed by atoms with Crippen LogP contribution in [0.4, 0.5) is 17.5 Å². The second-order valence-electron chi connectivity index (χ2n) is 7.26. The van der Waals surface area contributed by atoms with Gasteiger partial charge in [0.25, 0.3) is 0 Å². The van der Waals surface area contributed by atoms with Crippen molar-refractivity contribution < 1.29 is 17.7 Å². The highest BCUT2D eigenvalue weighted by Crippen LogP contribution is 2.30. The zero-order chi connectivity index (χ0) is 21.5. The van der Waals surface area contributed by atoms with Gasteiger partial charge in [-0.15, -0.1) is 0 Å². The van der Waals surface area contributed by atoms with Crippen LogP contribution in [0.2, 0.25) is 10.0 Å². The number of rotatable bonds is 3. The molecule has 8 nitrogen and oxygen atoms in total. The van der Waals surface area contributed by atoms with E-state index < -0.39 is 5.69 Å². The fourth-order valence-electron chi connectivity index (χ4n) is 3.76. The molecule has 0 saturated carbocycles. The molecule has 0 unspecified atom stereocenters. The number of nitrogens with two attached hydrogens (primary N) is 2. The number of hydrogen-bond donors (Lipinski definition) is 3. The summed E-state index contributed by atoms with van der Waals surface area (Å²) >= 11 is 12.5. The Morgan fingerprint density at radius 2 is 1.88 bits per heavy atom. The summed E-state index contributed by atoms with van der Waals surface area (Å²) in [4.78, 5) is 25.6. The van der Waals surface area contributed by atoms with Crippen LogP contribution in [0, 0.1) is 0 Å². The number of nitrogens with one attached hydrogen (secondary N) is 1. The molecule has 2 aromatic heterocycles. The number of benzene rings is 2. The first-order valence-electron chi connectivity index (χ1n) is 9.71. The van der Waals surface area contributed by atoms with Gasteiger partial charge in [-0.1, -0.05) is 35.3 Å². The average Bonchev–Trinajstić information content (AvgIpc) is 2.75. The maximum absolute atomic E-state index is 12.8. The van der Waals surface area contributed by atoms with Crippen LogP contribution in [0.15, 0.2) is 47.4 Å². The van der Waals surface area contributed by atoms with E-state index in [1.165, 1.54) is 21.9 Å². The van der Waals surface area contributed by atoms with E-state index in [-0.39, 0.29) is 39.6 Å². The predicted octanol–water partition coefficient (Wildman–Crippen LogP) is -0.568. The lowest BCUT2D eigenvalue weighted by molar-refractivity contribution is -0.673. The second kappa shape index (κ2) is 8.91. The normalized spacial score (nSPS) is 12.8. The van der Waals surface area contributed by atoms with Crippen molar-refractivity contribution in [2.45, 2.75) is 13.0 Å². The topological polar surface area (TPSA) is 115 Å². The molecule has 0 bridgehead atoms. The van der Waals surface area contributed by atoms with Gasteiger partial charge < -0.3 is 28.8 Å². The molecule has 0 spiro atoms. The molecular formula is C21H18Cl3N7O. The molecule has 2 aromatic carbocycles. The van der Waals surface area contributed by atoms with E-state index in [9.17, 15) is 4.79 Å². The number of anilines is 3. The van der Waals surface area contributed by atoms with E-state index in [0.29, 0.717) is 11.3 Å². The molecule has 1 aliphatic rings. The van der Waals surface area contributed by atoms with E-state index in [0.717, 1.165) is 25.2 Å². The number of nitrogens with zero attached hydrogens (tertiary/aromatic N) is 4. The third-order valence-electron chi connectivity index (χ3n) is 5.28. The Hall–Kier alpha value is -2.91. The average molecular weight is 491 g/mol. The molecule has 1 aliphatic heterocycles. The second-order valence-corrected chi connectivity index (χ2v) is 8.07. The lowest BCUT2D eigenvalue weighted by atomic mass is 10.0. The highest BCUT2D eigenvalue weighted by molar-refractivity contribution is 6.37. The summed E-state index contributed by atoms with van der Waals surface area (Å²) in [5.74, 6) is 0.441. The molecule has 5 rings (SSSR count). The fourth-order valence-corrected chi connectivity index (χ4v) is 4.33. The summed E-state index contributed by atoms with van der Waals surface area (Å²) in [6, 6.07) is 11.1. The van der Waals surface area contributed by atoms with Gasteiger partial charge in [-0.25, -0.2) is 14.3 Å². The fraction of sp³-hybridized carbons (Fsp3) is 0.143. The van der Waals surface area contributed by atoms with Crippen molar-refractivity contribution in [1.29, 1.82) is 0 Å². The number of hydrogen-bond acceptors (Lipinski definition) is 6. The van der Waals surface area contributed by atoms with Gasteiger partial charge in [0.05, 0.1) is 27.7 Å². The summed E-state index contributed by atoms with van der Waals surface area (Å²) in [5.41, 5.74) is 9.63. The Labute approximate surface area is 199 Å². The van der Waals surface area contributed by atoms with Gasteiger partial charge in [-0.2, -0.15) is 9.97 Å². The van der Waals surface area contributed by atoms with Crippen molar-refractivity contribution in [3.05, 3.63) is 74.3 Å². The van der Waals surface area contributed by atoms with Gasteiger partial charge in [0.1, 0.15) is 12.4 Å². The number of nitrogen functional groups attached to an aromatic ring is 1. The van der Waals surface area contributed by atoms with Crippen LogP contribution in [0.1, 0.15) is 11.1 Å². The van der Waals surface area contributed by atoms with Crippen LogP contribution in [0.25, 0.3) is 16.7 Å². The highest BCUT2D eigenvalue weighted by Gasteiger charge is 2.18. The summed E-state index contributed by atoms with van der Waals surface area (Å²) in [6.07, 6.45) is 2.55. The van der Waals surface area contributed by atoms with Crippen LogP contribution < -0.4 is 34.5 Å². The predicted molar refractivity (Wildman–Crippen MR) is 121 cm³/mol. The summed E-state index contributed by atoms with van der Waals surface area (Å²) < 4.78 is 1.17. The van der Waals surface area contributed by atoms with Gasteiger partial charge in [0.15, 0.2) is 5.65 Å². The zero-order valence-electron chi connectivity index (χ0n) is 16.6. The van der Waals surface area contributed by atoms with Gasteiger partial charge in [0.2, 0.25) is 5.95 Å². The lowest BCUT2D eigenvalue weighted by Crippen LogP contribution is -3.00. The summed E-state index contributed by atoms with van der Waals surface area (Å²) in [5, 5.41) is 6.46.